The van der Waals surface area contributed by atoms with Crippen molar-refractivity contribution in [1.82, 2.24) is 5.32 Å². The maximum absolute atomic E-state index is 12.8. The van der Waals surface area contributed by atoms with Crippen molar-refractivity contribution in [3.8, 4) is 0 Å². The Labute approximate surface area is 173 Å². The fourth-order valence-electron chi connectivity index (χ4n) is 3.22. The summed E-state index contributed by atoms with van der Waals surface area (Å²) >= 11 is 0. The Morgan fingerprint density at radius 3 is 2.21 bits per heavy atom. The van der Waals surface area contributed by atoms with Crippen LogP contribution in [0.1, 0.15) is 55.4 Å². The van der Waals surface area contributed by atoms with Gasteiger partial charge in [0.05, 0.1) is 4.91 Å². The van der Waals surface area contributed by atoms with Gasteiger partial charge in [-0.25, -0.2) is 9.63 Å². The Morgan fingerprint density at radius 1 is 1.10 bits per heavy atom. The molecule has 0 radical (unpaired) electrons. The van der Waals surface area contributed by atoms with E-state index in [1.807, 2.05) is 6.07 Å². The molecule has 1 fully saturated rings. The van der Waals surface area contributed by atoms with Crippen LogP contribution in [-0.2, 0) is 9.57 Å². The van der Waals surface area contributed by atoms with E-state index in [0.717, 1.165) is 18.8 Å². The van der Waals surface area contributed by atoms with Gasteiger partial charge in [-0.05, 0) is 67.5 Å². The largest absolute Gasteiger partial charge is 0.444 e. The van der Waals surface area contributed by atoms with Gasteiger partial charge in [-0.3, -0.25) is 5.32 Å². The minimum absolute atomic E-state index is 0.224. The van der Waals surface area contributed by atoms with Crippen LogP contribution in [0.15, 0.2) is 18.2 Å². The highest BCUT2D eigenvalue weighted by Gasteiger charge is 2.32. The molecule has 1 aromatic carbocycles. The summed E-state index contributed by atoms with van der Waals surface area (Å²) in [5, 5.41) is 6.16. The van der Waals surface area contributed by atoms with E-state index in [9.17, 15) is 9.70 Å². The summed E-state index contributed by atoms with van der Waals surface area (Å²) in [5.74, 6) is 0. The zero-order chi connectivity index (χ0) is 22.0. The molecule has 0 saturated carbocycles. The third-order valence-corrected chi connectivity index (χ3v) is 4.09. The van der Waals surface area contributed by atoms with Gasteiger partial charge in [-0.15, -0.1) is 0 Å². The molecule has 1 heterocycles. The Bertz CT molecular complexity index is 742. The lowest BCUT2D eigenvalue weighted by molar-refractivity contribution is -0.765. The molecule has 8 heteroatoms. The van der Waals surface area contributed by atoms with Gasteiger partial charge in [-0.2, -0.15) is 0 Å². The van der Waals surface area contributed by atoms with Crippen molar-refractivity contribution < 1.29 is 19.3 Å². The smallest absolute Gasteiger partial charge is 0.412 e. The molecule has 29 heavy (non-hydrogen) atoms. The highest BCUT2D eigenvalue weighted by molar-refractivity contribution is 5.88. The molecule has 0 aromatic heterocycles. The number of benzene rings is 1. The Hall–Kier alpha value is -2.35. The van der Waals surface area contributed by atoms with Gasteiger partial charge < -0.3 is 15.0 Å². The lowest BCUT2D eigenvalue weighted by Crippen LogP contribution is -2.54. The fraction of sp³-hybridized carbons (Fsp3) is 0.667. The maximum atomic E-state index is 12.8. The molecule has 1 amide bonds. The topological polar surface area (TPSA) is 82.9 Å². The Morgan fingerprint density at radius 2 is 1.69 bits per heavy atom. The van der Waals surface area contributed by atoms with Crippen molar-refractivity contribution in [2.24, 2.45) is 0 Å². The molecule has 0 aliphatic carbocycles. The van der Waals surface area contributed by atoms with Gasteiger partial charge in [0.1, 0.15) is 11.3 Å². The molecule has 0 bridgehead atoms. The van der Waals surface area contributed by atoms with Crippen LogP contribution in [-0.4, -0.2) is 47.4 Å². The first-order chi connectivity index (χ1) is 13.2. The number of carbonyl (C=O) groups excluding carboxylic acids is 1. The molecule has 2 rings (SSSR count). The van der Waals surface area contributed by atoms with Crippen LogP contribution < -0.4 is 15.5 Å². The molecule has 8 nitrogen and oxygen atoms in total. The predicted molar refractivity (Wildman–Crippen MR) is 115 cm³/mol. The molecule has 1 aliphatic heterocycles. The number of hydrogen-bond donors (Lipinski definition) is 2. The average molecular weight is 408 g/mol. The van der Waals surface area contributed by atoms with Crippen molar-refractivity contribution in [2.75, 3.05) is 23.3 Å². The fourth-order valence-corrected chi connectivity index (χ4v) is 3.22. The minimum atomic E-state index is -0.682. The number of amides is 1. The van der Waals surface area contributed by atoms with E-state index in [0.29, 0.717) is 22.7 Å². The highest BCUT2D eigenvalue weighted by atomic mass is 16.8. The minimum Gasteiger partial charge on any atom is -0.444 e. The highest BCUT2D eigenvalue weighted by Crippen LogP contribution is 2.32. The van der Waals surface area contributed by atoms with Crippen LogP contribution in [0, 0.1) is 4.91 Å². The van der Waals surface area contributed by atoms with Gasteiger partial charge in [-0.1, -0.05) is 0 Å². The van der Waals surface area contributed by atoms with E-state index in [-0.39, 0.29) is 5.69 Å². The van der Waals surface area contributed by atoms with Gasteiger partial charge >= 0.3 is 11.8 Å². The SMILES string of the molecule is CC1CN(c2ccc(NC(=O)OC(C)(C)C)c([N+](=O)OC(C)(C)C)c2)CC(C)N1. The number of nitrogens with zero attached hydrogens (tertiary/aromatic N) is 2. The van der Waals surface area contributed by atoms with Crippen molar-refractivity contribution in [2.45, 2.75) is 78.7 Å². The average Bonchev–Trinajstić information content (AvgIpc) is 2.50. The summed E-state index contributed by atoms with van der Waals surface area (Å²) in [6.45, 7) is 16.6. The summed E-state index contributed by atoms with van der Waals surface area (Å²) in [5.41, 5.74) is 0.129. The molecule has 0 spiro atoms. The van der Waals surface area contributed by atoms with E-state index in [4.69, 9.17) is 9.57 Å². The van der Waals surface area contributed by atoms with Crippen molar-refractivity contribution >= 4 is 23.2 Å². The van der Waals surface area contributed by atoms with Gasteiger partial charge in [0.2, 0.25) is 0 Å². The van der Waals surface area contributed by atoms with Crippen LogP contribution in [0.25, 0.3) is 0 Å². The molecule has 2 atom stereocenters. The molecule has 1 saturated heterocycles. The zero-order valence-electron chi connectivity index (χ0n) is 18.8. The Kier molecular flexibility index (Phi) is 6.78. The monoisotopic (exact) mass is 407 g/mol. The molecular formula is C21H35N4O4+. The first-order valence-corrected chi connectivity index (χ1v) is 10.0. The standard InChI is InChI=1S/C21H34N4O4/c1-14-12-24(13-15(2)22-14)16-9-10-17(23-19(26)28-20(3,4)5)18(11-16)25(27)29-21(6,7)8/h9-11,14-15,22H,12-13H2,1-8H3/p+1. The molecule has 2 N–H and O–H groups in total. The van der Waals surface area contributed by atoms with Crippen LogP contribution in [0.4, 0.5) is 21.9 Å². The normalized spacial score (nSPS) is 20.2. The molecule has 2 unspecified atom stereocenters. The molecular weight excluding hydrogens is 372 g/mol. The van der Waals surface area contributed by atoms with Crippen molar-refractivity contribution in [1.29, 1.82) is 0 Å². The maximum Gasteiger partial charge on any atom is 0.412 e. The number of hydrogen-bond acceptors (Lipinski definition) is 6. The first-order valence-electron chi connectivity index (χ1n) is 10.0. The number of anilines is 2. The third kappa shape index (κ3) is 7.20. The zero-order valence-corrected chi connectivity index (χ0v) is 18.8. The second kappa shape index (κ2) is 8.57. The van der Waals surface area contributed by atoms with Crippen LogP contribution in [0.3, 0.4) is 0 Å². The number of rotatable bonds is 4. The van der Waals surface area contributed by atoms with Crippen molar-refractivity contribution in [3.63, 3.8) is 0 Å². The van der Waals surface area contributed by atoms with E-state index in [2.05, 4.69) is 29.4 Å². The lowest BCUT2D eigenvalue weighted by atomic mass is 10.1. The van der Waals surface area contributed by atoms with E-state index in [1.165, 1.54) is 0 Å². The quantitative estimate of drug-likeness (QED) is 0.722. The van der Waals surface area contributed by atoms with E-state index in [1.54, 1.807) is 53.7 Å². The summed E-state index contributed by atoms with van der Waals surface area (Å²) in [6, 6.07) is 6.01. The lowest BCUT2D eigenvalue weighted by Gasteiger charge is -2.37. The second-order valence-electron chi connectivity index (χ2n) is 9.66. The van der Waals surface area contributed by atoms with E-state index < -0.39 is 17.3 Å². The number of piperazine rings is 1. The predicted octanol–water partition coefficient (Wildman–Crippen LogP) is 4.36. The summed E-state index contributed by atoms with van der Waals surface area (Å²) in [4.78, 5) is 33.2. The van der Waals surface area contributed by atoms with Gasteiger partial charge in [0.15, 0.2) is 5.60 Å². The molecule has 1 aliphatic rings. The molecule has 1 aromatic rings. The summed E-state index contributed by atoms with van der Waals surface area (Å²) < 4.78 is 5.32. The molecule has 162 valence electrons. The van der Waals surface area contributed by atoms with E-state index >= 15 is 0 Å². The third-order valence-electron chi connectivity index (χ3n) is 4.09. The van der Waals surface area contributed by atoms with Crippen LogP contribution in [0.2, 0.25) is 0 Å². The summed E-state index contributed by atoms with van der Waals surface area (Å²) in [6.07, 6.45) is -0.625. The van der Waals surface area contributed by atoms with Crippen molar-refractivity contribution in [3.05, 3.63) is 23.1 Å². The van der Waals surface area contributed by atoms with Gasteiger partial charge in [0, 0.05) is 36.9 Å². The first kappa shape index (κ1) is 22.9. The van der Waals surface area contributed by atoms with Crippen LogP contribution >= 0.6 is 0 Å². The Balaban J connectivity index is 2.34. The number of nitrogens with one attached hydrogen (secondary N) is 2. The summed E-state index contributed by atoms with van der Waals surface area (Å²) in [7, 11) is 0. The number of carbonyl (C=O) groups is 1. The number of ether oxygens (including phenoxy) is 1. The van der Waals surface area contributed by atoms with Gasteiger partial charge in [0.25, 0.3) is 4.92 Å². The second-order valence-corrected chi connectivity index (χ2v) is 9.66. The van der Waals surface area contributed by atoms with Crippen LogP contribution in [0.5, 0.6) is 0 Å².